The zero-order chi connectivity index (χ0) is 30.2. The van der Waals surface area contributed by atoms with Crippen LogP contribution in [-0.4, -0.2) is 61.1 Å². The lowest BCUT2D eigenvalue weighted by Crippen LogP contribution is -2.52. The zero-order valence-corrected chi connectivity index (χ0v) is 25.7. The summed E-state index contributed by atoms with van der Waals surface area (Å²) >= 11 is 6.17. The number of rotatable bonds is 11. The standard InChI is InChI=1S/C33H46ClN3O6/c34-26-10-4-8-23(17-26)16-24-9-5-11-29(24)43-32(41)36-28(18-22-6-2-1-3-7-22)31(40)35-27(21-38)19-25-20-33(37-30(25)39)12-14-42-15-13-33/h4,8,10,17,21-22,24-25,27-29H,1-3,5-7,9,11-16,18-20H2,(H,35,40)(H,36,41)(H,37,39)/t24?,25?,27?,28-,29?/m0/s1. The fourth-order valence-electron chi connectivity index (χ4n) is 7.66. The second-order valence-corrected chi connectivity index (χ2v) is 13.6. The van der Waals surface area contributed by atoms with Crippen LogP contribution < -0.4 is 16.0 Å². The monoisotopic (exact) mass is 615 g/mol. The van der Waals surface area contributed by atoms with Crippen LogP contribution in [0.5, 0.6) is 0 Å². The minimum atomic E-state index is -0.818. The molecule has 43 heavy (non-hydrogen) atoms. The number of halogens is 1. The quantitative estimate of drug-likeness (QED) is 0.305. The van der Waals surface area contributed by atoms with Gasteiger partial charge in [0, 0.05) is 35.6 Å². The molecule has 0 aromatic heterocycles. The van der Waals surface area contributed by atoms with Crippen LogP contribution in [0, 0.1) is 17.8 Å². The van der Waals surface area contributed by atoms with E-state index >= 15 is 0 Å². The summed E-state index contributed by atoms with van der Waals surface area (Å²) in [6.45, 7) is 1.21. The maximum absolute atomic E-state index is 13.6. The van der Waals surface area contributed by atoms with Gasteiger partial charge >= 0.3 is 6.09 Å². The van der Waals surface area contributed by atoms with Gasteiger partial charge in [-0.1, -0.05) is 55.8 Å². The highest BCUT2D eigenvalue weighted by Crippen LogP contribution is 2.36. The van der Waals surface area contributed by atoms with E-state index in [2.05, 4.69) is 16.0 Å². The van der Waals surface area contributed by atoms with Crippen molar-refractivity contribution in [3.8, 4) is 0 Å². The van der Waals surface area contributed by atoms with Crippen LogP contribution in [0.4, 0.5) is 4.79 Å². The summed E-state index contributed by atoms with van der Waals surface area (Å²) in [6.07, 6.45) is 11.6. The molecule has 1 spiro atoms. The van der Waals surface area contributed by atoms with Gasteiger partial charge in [-0.15, -0.1) is 0 Å². The number of hydrogen-bond acceptors (Lipinski definition) is 6. The Kier molecular flexibility index (Phi) is 11.0. The number of hydrogen-bond donors (Lipinski definition) is 3. The first-order valence-electron chi connectivity index (χ1n) is 16.2. The van der Waals surface area contributed by atoms with Crippen LogP contribution in [0.25, 0.3) is 0 Å². The molecule has 5 atom stereocenters. The van der Waals surface area contributed by atoms with E-state index in [0.717, 1.165) is 69.8 Å². The summed E-state index contributed by atoms with van der Waals surface area (Å²) < 4.78 is 11.4. The molecule has 9 nitrogen and oxygen atoms in total. The molecule has 3 amide bonds. The van der Waals surface area contributed by atoms with Gasteiger partial charge in [0.25, 0.3) is 0 Å². The molecule has 4 fully saturated rings. The van der Waals surface area contributed by atoms with Gasteiger partial charge in [-0.05, 0) is 81.4 Å². The van der Waals surface area contributed by atoms with E-state index in [-0.39, 0.29) is 35.8 Å². The van der Waals surface area contributed by atoms with Crippen molar-refractivity contribution >= 4 is 35.8 Å². The predicted octanol–water partition coefficient (Wildman–Crippen LogP) is 4.88. The summed E-state index contributed by atoms with van der Waals surface area (Å²) in [5, 5.41) is 9.53. The number of carbonyl (C=O) groups is 4. The average molecular weight is 616 g/mol. The van der Waals surface area contributed by atoms with E-state index < -0.39 is 24.1 Å². The van der Waals surface area contributed by atoms with E-state index in [9.17, 15) is 19.2 Å². The van der Waals surface area contributed by atoms with Gasteiger partial charge in [0.15, 0.2) is 0 Å². The fraction of sp³-hybridized carbons (Fsp3) is 0.697. The number of carbonyl (C=O) groups excluding carboxylic acids is 4. The Labute approximate surface area is 259 Å². The highest BCUT2D eigenvalue weighted by atomic mass is 35.5. The molecule has 3 N–H and O–H groups in total. The molecule has 0 radical (unpaired) electrons. The molecule has 2 saturated heterocycles. The van der Waals surface area contributed by atoms with E-state index in [4.69, 9.17) is 21.1 Å². The van der Waals surface area contributed by atoms with Crippen LogP contribution in [0.1, 0.15) is 89.0 Å². The fourth-order valence-corrected chi connectivity index (χ4v) is 7.87. The first kappa shape index (κ1) is 31.8. The Bertz CT molecular complexity index is 1140. The highest BCUT2D eigenvalue weighted by molar-refractivity contribution is 6.30. The van der Waals surface area contributed by atoms with Gasteiger partial charge in [-0.25, -0.2) is 4.79 Å². The van der Waals surface area contributed by atoms with Crippen molar-refractivity contribution in [1.82, 2.24) is 16.0 Å². The highest BCUT2D eigenvalue weighted by Gasteiger charge is 2.45. The minimum Gasteiger partial charge on any atom is -0.446 e. The van der Waals surface area contributed by atoms with Gasteiger partial charge < -0.3 is 30.2 Å². The summed E-state index contributed by atoms with van der Waals surface area (Å²) in [5.41, 5.74) is 0.832. The molecule has 0 bridgehead atoms. The maximum atomic E-state index is 13.6. The lowest BCUT2D eigenvalue weighted by atomic mass is 9.83. The third-order valence-corrected chi connectivity index (χ3v) is 10.2. The predicted molar refractivity (Wildman–Crippen MR) is 163 cm³/mol. The second-order valence-electron chi connectivity index (χ2n) is 13.2. The van der Waals surface area contributed by atoms with Crippen LogP contribution >= 0.6 is 11.6 Å². The van der Waals surface area contributed by atoms with Gasteiger partial charge in [-0.2, -0.15) is 0 Å². The normalized spacial score (nSPS) is 26.8. The number of alkyl carbamates (subject to hydrolysis) is 1. The molecule has 5 rings (SSSR count). The average Bonchev–Trinajstić information content (AvgIpc) is 3.55. The Balaban J connectivity index is 1.19. The van der Waals surface area contributed by atoms with Crippen LogP contribution in [0.3, 0.4) is 0 Å². The largest absolute Gasteiger partial charge is 0.446 e. The van der Waals surface area contributed by atoms with Crippen molar-refractivity contribution in [1.29, 1.82) is 0 Å². The summed E-state index contributed by atoms with van der Waals surface area (Å²) in [5.74, 6) is -0.337. The number of ether oxygens (including phenoxy) is 2. The van der Waals surface area contributed by atoms with Gasteiger partial charge in [0.05, 0.1) is 6.04 Å². The van der Waals surface area contributed by atoms with Crippen molar-refractivity contribution in [2.75, 3.05) is 13.2 Å². The number of nitrogens with one attached hydrogen (secondary N) is 3. The van der Waals surface area contributed by atoms with Crippen LogP contribution in [-0.2, 0) is 30.3 Å². The number of amides is 3. The van der Waals surface area contributed by atoms with Crippen molar-refractivity contribution in [3.05, 3.63) is 34.9 Å². The molecular formula is C33H46ClN3O6. The Morgan fingerprint density at radius 3 is 2.60 bits per heavy atom. The van der Waals surface area contributed by atoms with Crippen LogP contribution in [0.2, 0.25) is 5.02 Å². The molecule has 10 heteroatoms. The molecule has 2 saturated carbocycles. The maximum Gasteiger partial charge on any atom is 0.408 e. The lowest BCUT2D eigenvalue weighted by molar-refractivity contribution is -0.127. The van der Waals surface area contributed by atoms with E-state index in [1.54, 1.807) is 0 Å². The molecular weight excluding hydrogens is 570 g/mol. The summed E-state index contributed by atoms with van der Waals surface area (Å²) in [6, 6.07) is 6.13. The van der Waals surface area contributed by atoms with E-state index in [1.807, 2.05) is 24.3 Å². The SMILES string of the molecule is O=CC(CC1CC2(CCOCC2)NC1=O)NC(=O)[C@H](CC1CCCCC1)NC(=O)OC1CCCC1Cc1cccc(Cl)c1. The molecule has 2 aliphatic carbocycles. The van der Waals surface area contributed by atoms with E-state index in [1.165, 1.54) is 6.42 Å². The van der Waals surface area contributed by atoms with Gasteiger partial charge in [0.2, 0.25) is 11.8 Å². The minimum absolute atomic E-state index is 0.0765. The lowest BCUT2D eigenvalue weighted by Gasteiger charge is -2.33. The van der Waals surface area contributed by atoms with Crippen molar-refractivity contribution in [3.63, 3.8) is 0 Å². The zero-order valence-electron chi connectivity index (χ0n) is 25.0. The van der Waals surface area contributed by atoms with Crippen molar-refractivity contribution < 1.29 is 28.7 Å². The number of benzene rings is 1. The van der Waals surface area contributed by atoms with Crippen LogP contribution in [0.15, 0.2) is 24.3 Å². The summed E-state index contributed by atoms with van der Waals surface area (Å²) in [7, 11) is 0. The van der Waals surface area contributed by atoms with Crippen molar-refractivity contribution in [2.45, 2.75) is 114 Å². The molecule has 236 valence electrons. The first-order valence-corrected chi connectivity index (χ1v) is 16.6. The molecule has 4 aliphatic rings. The smallest absolute Gasteiger partial charge is 0.408 e. The van der Waals surface area contributed by atoms with Gasteiger partial charge in [-0.3, -0.25) is 9.59 Å². The third-order valence-electron chi connectivity index (χ3n) is 10.0. The second kappa shape index (κ2) is 14.9. The third kappa shape index (κ3) is 8.72. The summed E-state index contributed by atoms with van der Waals surface area (Å²) in [4.78, 5) is 51.6. The molecule has 2 aliphatic heterocycles. The first-order chi connectivity index (χ1) is 20.8. The Morgan fingerprint density at radius 2 is 1.86 bits per heavy atom. The molecule has 4 unspecified atom stereocenters. The van der Waals surface area contributed by atoms with Crippen molar-refractivity contribution in [2.24, 2.45) is 17.8 Å². The Hall–Kier alpha value is -2.65. The topological polar surface area (TPSA) is 123 Å². The molecule has 2 heterocycles. The van der Waals surface area contributed by atoms with Gasteiger partial charge in [0.1, 0.15) is 18.4 Å². The Morgan fingerprint density at radius 1 is 1.07 bits per heavy atom. The molecule has 1 aromatic rings. The van der Waals surface area contributed by atoms with E-state index in [0.29, 0.717) is 43.3 Å². The molecule has 1 aromatic carbocycles. The number of aldehydes is 1.